The van der Waals surface area contributed by atoms with Crippen LogP contribution >= 0.6 is 0 Å². The maximum atomic E-state index is 10.9. The lowest BCUT2D eigenvalue weighted by Gasteiger charge is -2.35. The molecule has 0 saturated heterocycles. The average molecular weight is 480 g/mol. The van der Waals surface area contributed by atoms with E-state index in [0.29, 0.717) is 10.9 Å². The van der Waals surface area contributed by atoms with Gasteiger partial charge >= 0.3 is 0 Å². The quantitative estimate of drug-likeness (QED) is 0.270. The standard InChI is InChI=1S/C33H25NO2/c1-33(2)25-14-9-17-29(35)32(25)36-30-19-18-21(20-26(30)33)23-13-8-16-28-31(23)24-12-6-7-15-27(24)34(28)22-10-4-3-5-11-22/h3-20,35H,1-2H3/i1D3,2D3,9D,14D,17D,18D,19D,20D. The van der Waals surface area contributed by atoms with Gasteiger partial charge in [-0.25, -0.2) is 0 Å². The van der Waals surface area contributed by atoms with Gasteiger partial charge in [-0.3, -0.25) is 0 Å². The second kappa shape index (κ2) is 7.50. The van der Waals surface area contributed by atoms with Crippen molar-refractivity contribution in [2.24, 2.45) is 0 Å². The minimum atomic E-state index is -3.58. The van der Waals surface area contributed by atoms with Crippen molar-refractivity contribution in [1.29, 1.82) is 0 Å². The molecule has 1 aromatic heterocycles. The van der Waals surface area contributed by atoms with Crippen LogP contribution < -0.4 is 4.74 Å². The van der Waals surface area contributed by atoms with Gasteiger partial charge in [0.15, 0.2) is 11.5 Å². The van der Waals surface area contributed by atoms with Crippen LogP contribution in [0, 0.1) is 0 Å². The Labute approximate surface area is 226 Å². The molecule has 0 amide bonds. The van der Waals surface area contributed by atoms with Gasteiger partial charge in [0.05, 0.1) is 19.3 Å². The number of rotatable bonds is 2. The Morgan fingerprint density at radius 2 is 1.64 bits per heavy atom. The number of aromatic nitrogens is 1. The molecule has 0 fully saturated rings. The largest absolute Gasteiger partial charge is 0.504 e. The first-order valence-electron chi connectivity index (χ1n) is 17.3. The Kier molecular flexibility index (Phi) is 2.49. The third-order valence-corrected chi connectivity index (χ3v) is 6.52. The lowest BCUT2D eigenvalue weighted by Crippen LogP contribution is -2.24. The molecule has 0 bridgehead atoms. The first-order chi connectivity index (χ1) is 22.6. The first-order valence-corrected chi connectivity index (χ1v) is 11.3. The van der Waals surface area contributed by atoms with E-state index in [9.17, 15) is 6.48 Å². The Bertz CT molecular complexity index is 2310. The highest BCUT2D eigenvalue weighted by Crippen LogP contribution is 2.52. The van der Waals surface area contributed by atoms with E-state index in [1.807, 2.05) is 65.2 Å². The molecule has 3 nitrogen and oxygen atoms in total. The molecule has 1 aliphatic heterocycles. The van der Waals surface area contributed by atoms with Gasteiger partial charge in [0.1, 0.15) is 5.75 Å². The summed E-state index contributed by atoms with van der Waals surface area (Å²) in [5.74, 6) is -2.73. The zero-order chi connectivity index (χ0) is 34.7. The second-order valence-corrected chi connectivity index (χ2v) is 8.62. The van der Waals surface area contributed by atoms with E-state index >= 15 is 0 Å². The number of hydrogen-bond acceptors (Lipinski definition) is 2. The lowest BCUT2D eigenvalue weighted by atomic mass is 9.75. The van der Waals surface area contributed by atoms with Crippen molar-refractivity contribution in [3.8, 4) is 34.1 Å². The fourth-order valence-electron chi connectivity index (χ4n) is 4.93. The number of phenols is 1. The highest BCUT2D eigenvalue weighted by atomic mass is 16.5. The van der Waals surface area contributed by atoms with E-state index in [2.05, 4.69) is 0 Å². The van der Waals surface area contributed by atoms with Crippen LogP contribution in [0.5, 0.6) is 17.2 Å². The molecule has 174 valence electrons. The summed E-state index contributed by atoms with van der Waals surface area (Å²) in [6, 6.07) is 17.2. The summed E-state index contributed by atoms with van der Waals surface area (Å²) < 4.78 is 113. The summed E-state index contributed by atoms with van der Waals surface area (Å²) in [4.78, 5) is 0. The van der Waals surface area contributed by atoms with Crippen molar-refractivity contribution in [2.45, 2.75) is 19.1 Å². The zero-order valence-corrected chi connectivity index (χ0v) is 18.7. The molecule has 36 heavy (non-hydrogen) atoms. The molecule has 0 unspecified atom stereocenters. The number of nitrogens with zero attached hydrogens (tertiary/aromatic N) is 1. The third-order valence-electron chi connectivity index (χ3n) is 6.52. The summed E-state index contributed by atoms with van der Waals surface area (Å²) in [6.07, 6.45) is 0. The van der Waals surface area contributed by atoms with Crippen LogP contribution in [0.1, 0.15) is 41.3 Å². The van der Waals surface area contributed by atoms with E-state index in [1.165, 1.54) is 0 Å². The second-order valence-electron chi connectivity index (χ2n) is 8.62. The van der Waals surface area contributed by atoms with Crippen LogP contribution in [0.3, 0.4) is 0 Å². The molecular weight excluding hydrogens is 442 g/mol. The maximum absolute atomic E-state index is 10.9. The van der Waals surface area contributed by atoms with E-state index in [1.54, 1.807) is 12.1 Å². The molecule has 3 heteroatoms. The highest BCUT2D eigenvalue weighted by molar-refractivity contribution is 6.15. The van der Waals surface area contributed by atoms with Gasteiger partial charge in [0, 0.05) is 41.2 Å². The Hall–Kier alpha value is -4.50. The smallest absolute Gasteiger partial charge is 0.173 e. The molecule has 7 rings (SSSR count). The predicted octanol–water partition coefficient (Wildman–Crippen LogP) is 8.59. The van der Waals surface area contributed by atoms with E-state index in [4.69, 9.17) is 19.8 Å². The Balaban J connectivity index is 1.68. The minimum Gasteiger partial charge on any atom is -0.504 e. The molecule has 1 aliphatic rings. The van der Waals surface area contributed by atoms with Gasteiger partial charge in [0.2, 0.25) is 0 Å². The van der Waals surface area contributed by atoms with Crippen molar-refractivity contribution < 1.29 is 26.3 Å². The summed E-state index contributed by atoms with van der Waals surface area (Å²) in [5.41, 5.74) is -2.68. The van der Waals surface area contributed by atoms with Gasteiger partial charge in [-0.2, -0.15) is 0 Å². The number of hydrogen-bond donors (Lipinski definition) is 1. The maximum Gasteiger partial charge on any atom is 0.173 e. The topological polar surface area (TPSA) is 34.4 Å². The number of phenolic OH excluding ortho intramolecular Hbond substituents is 1. The SMILES string of the molecule is [2H]c1c([2H])c(O)c2c(c1[2H])C(C([2H])([2H])[2H])(C([2H])([2H])[2H])c1c([2H])c(-c3cccc4c3c3ccccc3n4-c3ccccc3)c([2H])c([2H])c1O2. The molecule has 6 aromatic rings. The van der Waals surface area contributed by atoms with Crippen LogP contribution in [-0.2, 0) is 5.41 Å². The number of aromatic hydroxyl groups is 1. The van der Waals surface area contributed by atoms with Gasteiger partial charge in [-0.15, -0.1) is 0 Å². The summed E-state index contributed by atoms with van der Waals surface area (Å²) in [7, 11) is 0. The van der Waals surface area contributed by atoms with Crippen LogP contribution in [0.15, 0.2) is 109 Å². The summed E-state index contributed by atoms with van der Waals surface area (Å²) >= 11 is 0. The van der Waals surface area contributed by atoms with Crippen molar-refractivity contribution >= 4 is 21.8 Å². The van der Waals surface area contributed by atoms with E-state index in [-0.39, 0.29) is 11.1 Å². The number of benzene rings is 5. The molecule has 5 aromatic carbocycles. The van der Waals surface area contributed by atoms with Crippen LogP contribution in [0.25, 0.3) is 38.6 Å². The predicted molar refractivity (Wildman–Crippen MR) is 147 cm³/mol. The van der Waals surface area contributed by atoms with Crippen molar-refractivity contribution in [1.82, 2.24) is 4.57 Å². The first kappa shape index (κ1) is 12.0. The van der Waals surface area contributed by atoms with Crippen LogP contribution in [0.4, 0.5) is 0 Å². The Morgan fingerprint density at radius 1 is 0.833 bits per heavy atom. The fraction of sp³-hybridized carbons (Fsp3) is 0.0909. The van der Waals surface area contributed by atoms with Gasteiger partial charge < -0.3 is 14.4 Å². The zero-order valence-electron chi connectivity index (χ0n) is 30.7. The Morgan fingerprint density at radius 3 is 2.50 bits per heavy atom. The molecule has 2 heterocycles. The van der Waals surface area contributed by atoms with Crippen LogP contribution in [0.2, 0.25) is 0 Å². The van der Waals surface area contributed by atoms with Crippen molar-refractivity contribution in [2.75, 3.05) is 0 Å². The van der Waals surface area contributed by atoms with Gasteiger partial charge in [-0.1, -0.05) is 80.4 Å². The molecule has 0 aliphatic carbocycles. The van der Waals surface area contributed by atoms with Gasteiger partial charge in [-0.05, 0) is 53.5 Å². The van der Waals surface area contributed by atoms with E-state index in [0.717, 1.165) is 16.6 Å². The normalized spacial score (nSPS) is 19.3. The average Bonchev–Trinajstić information content (AvgIpc) is 3.38. The van der Waals surface area contributed by atoms with Crippen LogP contribution in [-0.4, -0.2) is 9.67 Å². The molecule has 0 radical (unpaired) electrons. The van der Waals surface area contributed by atoms with Crippen molar-refractivity contribution in [3.05, 3.63) is 120 Å². The number of ether oxygens (including phenoxy) is 1. The highest BCUT2D eigenvalue weighted by Gasteiger charge is 2.36. The lowest BCUT2D eigenvalue weighted by molar-refractivity contribution is 0.376. The minimum absolute atomic E-state index is 0.232. The summed E-state index contributed by atoms with van der Waals surface area (Å²) in [6.45, 7) is -7.16. The fourth-order valence-corrected chi connectivity index (χ4v) is 4.93. The number of para-hydroxylation sites is 3. The monoisotopic (exact) mass is 479 g/mol. The van der Waals surface area contributed by atoms with E-state index < -0.39 is 83.7 Å². The molecule has 0 saturated carbocycles. The molecule has 0 spiro atoms. The third kappa shape index (κ3) is 2.86. The molecule has 0 atom stereocenters. The summed E-state index contributed by atoms with van der Waals surface area (Å²) in [5, 5.41) is 12.2. The molecular formula is C33H25NO2. The molecule has 1 N–H and O–H groups in total. The number of fused-ring (bicyclic) bond motifs is 5. The van der Waals surface area contributed by atoms with Crippen molar-refractivity contribution in [3.63, 3.8) is 0 Å². The van der Waals surface area contributed by atoms with Gasteiger partial charge in [0.25, 0.3) is 0 Å².